The normalized spacial score (nSPS) is 17.9. The summed E-state index contributed by atoms with van der Waals surface area (Å²) in [7, 11) is 2.10. The summed E-state index contributed by atoms with van der Waals surface area (Å²) in [6, 6.07) is 3.81. The molecule has 152 valence electrons. The third-order valence-electron chi connectivity index (χ3n) is 4.60. The van der Waals surface area contributed by atoms with Gasteiger partial charge in [-0.15, -0.1) is 0 Å². The number of fused-ring (bicyclic) bond motifs is 3. The molecule has 0 radical (unpaired) electrons. The molecule has 0 bridgehead atoms. The predicted octanol–water partition coefficient (Wildman–Crippen LogP) is 2.87. The summed E-state index contributed by atoms with van der Waals surface area (Å²) >= 11 is 0. The van der Waals surface area contributed by atoms with Crippen molar-refractivity contribution in [2.75, 3.05) is 19.1 Å². The van der Waals surface area contributed by atoms with Gasteiger partial charge in [0, 0.05) is 11.3 Å². The van der Waals surface area contributed by atoms with Crippen LogP contribution in [0.15, 0.2) is 47.2 Å². The lowest BCUT2D eigenvalue weighted by Gasteiger charge is -2.40. The molecule has 6 nitrogen and oxygen atoms in total. The number of halogens is 3. The Labute approximate surface area is 163 Å². The van der Waals surface area contributed by atoms with E-state index in [2.05, 4.69) is 4.74 Å². The molecule has 1 atom stereocenters. The minimum absolute atomic E-state index is 0.308. The average Bonchev–Trinajstić information content (AvgIpc) is 2.69. The number of methoxy groups -OCH3 is 2. The first-order valence-electron chi connectivity index (χ1n) is 8.42. The van der Waals surface area contributed by atoms with E-state index in [1.807, 2.05) is 6.92 Å². The van der Waals surface area contributed by atoms with Crippen LogP contribution in [-0.2, 0) is 23.9 Å². The molecule has 29 heavy (non-hydrogen) atoms. The van der Waals surface area contributed by atoms with Crippen LogP contribution in [0.2, 0.25) is 0 Å². The second-order valence-corrected chi connectivity index (χ2v) is 6.41. The number of ether oxygens (including phenoxy) is 2. The molecule has 0 aromatic heterocycles. The third kappa shape index (κ3) is 3.43. The van der Waals surface area contributed by atoms with Crippen LogP contribution in [0.5, 0.6) is 0 Å². The Hall–Kier alpha value is -3.36. The van der Waals surface area contributed by atoms with Gasteiger partial charge in [-0.1, -0.05) is 23.8 Å². The highest BCUT2D eigenvalue weighted by molar-refractivity contribution is 6.11. The fourth-order valence-corrected chi connectivity index (χ4v) is 3.33. The fraction of sp³-hybridized carbons (Fsp3) is 0.250. The van der Waals surface area contributed by atoms with E-state index in [4.69, 9.17) is 4.74 Å². The minimum atomic E-state index is -5.16. The Balaban J connectivity index is 2.34. The second-order valence-electron chi connectivity index (χ2n) is 6.41. The van der Waals surface area contributed by atoms with E-state index in [0.717, 1.165) is 25.9 Å². The summed E-state index contributed by atoms with van der Waals surface area (Å²) in [6.07, 6.45) is -1.48. The third-order valence-corrected chi connectivity index (χ3v) is 4.60. The van der Waals surface area contributed by atoms with Crippen molar-refractivity contribution in [3.63, 3.8) is 0 Å². The molecule has 0 N–H and O–H groups in total. The molecule has 1 aromatic carbocycles. The van der Waals surface area contributed by atoms with Crippen LogP contribution in [0.4, 0.5) is 18.9 Å². The number of ketones is 1. The number of carbonyl (C=O) groups is 3. The number of Topliss-reactive ketones (excluding diaryl/α,β-unsaturated/α-hetero) is 1. The lowest BCUT2D eigenvalue weighted by Crippen LogP contribution is -2.47. The molecule has 2 aliphatic heterocycles. The summed E-state index contributed by atoms with van der Waals surface area (Å²) < 4.78 is 49.0. The van der Waals surface area contributed by atoms with E-state index < -0.39 is 41.1 Å². The van der Waals surface area contributed by atoms with Gasteiger partial charge < -0.3 is 14.4 Å². The zero-order valence-corrected chi connectivity index (χ0v) is 15.7. The molecular weight excluding hydrogens is 391 g/mol. The SMILES string of the molecule is COC(=O)C1=C(C(=O)OC)N2c3ccc(C)cc3C=CC2C(C(=O)C(F)(F)F)=C1. The molecule has 0 fully saturated rings. The molecule has 3 rings (SSSR count). The van der Waals surface area contributed by atoms with Gasteiger partial charge in [0.25, 0.3) is 5.78 Å². The highest BCUT2D eigenvalue weighted by Gasteiger charge is 2.48. The van der Waals surface area contributed by atoms with Gasteiger partial charge in [-0.2, -0.15) is 13.2 Å². The van der Waals surface area contributed by atoms with E-state index in [0.29, 0.717) is 11.3 Å². The van der Waals surface area contributed by atoms with Gasteiger partial charge in [0.1, 0.15) is 5.70 Å². The topological polar surface area (TPSA) is 72.9 Å². The lowest BCUT2D eigenvalue weighted by molar-refractivity contribution is -0.166. The van der Waals surface area contributed by atoms with Crippen molar-refractivity contribution in [1.29, 1.82) is 0 Å². The summed E-state index contributed by atoms with van der Waals surface area (Å²) in [4.78, 5) is 38.1. The summed E-state index contributed by atoms with van der Waals surface area (Å²) in [6.45, 7) is 1.83. The maximum Gasteiger partial charge on any atom is 0.454 e. The number of alkyl halides is 3. The van der Waals surface area contributed by atoms with Gasteiger partial charge in [-0.05, 0) is 30.7 Å². The number of nitrogens with zero attached hydrogens (tertiary/aromatic N) is 1. The number of aryl methyl sites for hydroxylation is 1. The zero-order valence-electron chi connectivity index (χ0n) is 15.7. The molecule has 0 aliphatic carbocycles. The van der Waals surface area contributed by atoms with Crippen LogP contribution in [-0.4, -0.2) is 44.2 Å². The number of anilines is 1. The Morgan fingerprint density at radius 2 is 1.72 bits per heavy atom. The monoisotopic (exact) mass is 407 g/mol. The van der Waals surface area contributed by atoms with E-state index in [-0.39, 0.29) is 5.70 Å². The maximum atomic E-state index is 13.2. The van der Waals surface area contributed by atoms with Crippen molar-refractivity contribution < 1.29 is 37.0 Å². The molecule has 1 aromatic rings. The predicted molar refractivity (Wildman–Crippen MR) is 96.7 cm³/mol. The zero-order chi connectivity index (χ0) is 21.5. The van der Waals surface area contributed by atoms with E-state index in [9.17, 15) is 27.6 Å². The molecule has 0 saturated carbocycles. The van der Waals surface area contributed by atoms with Crippen molar-refractivity contribution in [2.45, 2.75) is 19.1 Å². The summed E-state index contributed by atoms with van der Waals surface area (Å²) in [5, 5.41) is 0. The van der Waals surface area contributed by atoms with Crippen LogP contribution in [0.1, 0.15) is 11.1 Å². The first kappa shape index (κ1) is 20.4. The first-order chi connectivity index (χ1) is 13.6. The first-order valence-corrected chi connectivity index (χ1v) is 8.42. The van der Waals surface area contributed by atoms with Crippen molar-refractivity contribution in [2.24, 2.45) is 0 Å². The highest BCUT2D eigenvalue weighted by Crippen LogP contribution is 2.41. The Kier molecular flexibility index (Phi) is 5.08. The molecule has 2 aliphatic rings. The standard InChI is InChI=1S/C20H16F3NO5/c1-10-4-6-14-11(8-10)5-7-15-12(17(25)20(21,22)23)9-13(18(26)28-2)16(24(14)15)19(27)29-3/h4-9,15H,1-3H3. The Morgan fingerprint density at radius 1 is 1.07 bits per heavy atom. The molecule has 2 heterocycles. The Bertz CT molecular complexity index is 1000. The minimum Gasteiger partial charge on any atom is -0.465 e. The van der Waals surface area contributed by atoms with E-state index >= 15 is 0 Å². The number of hydrogen-bond donors (Lipinski definition) is 0. The van der Waals surface area contributed by atoms with E-state index in [1.54, 1.807) is 24.3 Å². The highest BCUT2D eigenvalue weighted by atomic mass is 19.4. The van der Waals surface area contributed by atoms with Gasteiger partial charge in [-0.3, -0.25) is 4.79 Å². The lowest BCUT2D eigenvalue weighted by atomic mass is 9.87. The molecule has 0 saturated heterocycles. The van der Waals surface area contributed by atoms with Gasteiger partial charge >= 0.3 is 18.1 Å². The van der Waals surface area contributed by atoms with Crippen LogP contribution in [0.25, 0.3) is 6.08 Å². The molecular formula is C20H16F3NO5. The number of esters is 2. The number of benzene rings is 1. The van der Waals surface area contributed by atoms with E-state index in [1.165, 1.54) is 11.0 Å². The Morgan fingerprint density at radius 3 is 2.31 bits per heavy atom. The summed E-state index contributed by atoms with van der Waals surface area (Å²) in [5.74, 6) is -4.13. The van der Waals surface area contributed by atoms with Crippen LogP contribution < -0.4 is 4.90 Å². The van der Waals surface area contributed by atoms with Gasteiger partial charge in [0.2, 0.25) is 0 Å². The van der Waals surface area contributed by atoms with Crippen molar-refractivity contribution in [1.82, 2.24) is 0 Å². The van der Waals surface area contributed by atoms with Gasteiger partial charge in [0.15, 0.2) is 0 Å². The molecule has 0 spiro atoms. The average molecular weight is 407 g/mol. The van der Waals surface area contributed by atoms with Gasteiger partial charge in [0.05, 0.1) is 25.8 Å². The smallest absolute Gasteiger partial charge is 0.454 e. The van der Waals surface area contributed by atoms with Gasteiger partial charge in [-0.25, -0.2) is 9.59 Å². The summed E-state index contributed by atoms with van der Waals surface area (Å²) in [5.41, 5.74) is 0.330. The van der Waals surface area contributed by atoms with Crippen molar-refractivity contribution in [3.05, 3.63) is 58.3 Å². The molecule has 9 heteroatoms. The second kappa shape index (κ2) is 7.23. The molecule has 1 unspecified atom stereocenters. The number of carbonyl (C=O) groups excluding carboxylic acids is 3. The van der Waals surface area contributed by atoms with Crippen LogP contribution in [0, 0.1) is 6.92 Å². The molecule has 0 amide bonds. The quantitative estimate of drug-likeness (QED) is 0.718. The van der Waals surface area contributed by atoms with Crippen molar-refractivity contribution >= 4 is 29.5 Å². The number of hydrogen-bond acceptors (Lipinski definition) is 6. The maximum absolute atomic E-state index is 13.2. The fourth-order valence-electron chi connectivity index (χ4n) is 3.33. The van der Waals surface area contributed by atoms with Crippen molar-refractivity contribution in [3.8, 4) is 0 Å². The largest absolute Gasteiger partial charge is 0.465 e. The van der Waals surface area contributed by atoms with Crippen LogP contribution in [0.3, 0.4) is 0 Å². The van der Waals surface area contributed by atoms with Crippen LogP contribution >= 0.6 is 0 Å². The number of rotatable bonds is 3.